The number of hydrogen-bond donors (Lipinski definition) is 2. The summed E-state index contributed by atoms with van der Waals surface area (Å²) in [6.45, 7) is 9.81. The van der Waals surface area contributed by atoms with Gasteiger partial charge in [0.05, 0.1) is 31.3 Å². The van der Waals surface area contributed by atoms with Crippen LogP contribution in [0.25, 0.3) is 0 Å². The number of rotatable bonds is 7. The molecule has 1 spiro atoms. The first-order chi connectivity index (χ1) is 23.3. The van der Waals surface area contributed by atoms with Crippen LogP contribution in [-0.2, 0) is 16.0 Å². The average Bonchev–Trinajstić information content (AvgIpc) is 3.31. The van der Waals surface area contributed by atoms with Crippen molar-refractivity contribution in [1.82, 2.24) is 25.3 Å². The zero-order chi connectivity index (χ0) is 33.3. The SMILES string of the molecule is C=CC(=O)N1CCN(C2NC(OCC3CCCN3C)(C3CCCCCC3)NC3C[C@@]4(CCc5cc(C)ccc5O4)CCC32)CC1CC#N. The number of nitriles is 1. The van der Waals surface area contributed by atoms with Gasteiger partial charge in [-0.2, -0.15) is 5.26 Å². The Kier molecular flexibility index (Phi) is 10.2. The molecule has 7 rings (SSSR count). The summed E-state index contributed by atoms with van der Waals surface area (Å²) in [6.07, 6.45) is 16.7. The third-order valence-corrected chi connectivity index (χ3v) is 12.9. The van der Waals surface area contributed by atoms with Gasteiger partial charge in [0.25, 0.3) is 0 Å². The fraction of sp³-hybridized carbons (Fsp3) is 0.744. The summed E-state index contributed by atoms with van der Waals surface area (Å²) in [4.78, 5) is 19.7. The number of carbonyl (C=O) groups excluding carboxylic acids is 1. The fourth-order valence-corrected chi connectivity index (χ4v) is 10.2. The number of piperazine rings is 1. The van der Waals surface area contributed by atoms with E-state index >= 15 is 0 Å². The first-order valence-electron chi connectivity index (χ1n) is 19.0. The highest BCUT2D eigenvalue weighted by Gasteiger charge is 2.57. The molecule has 9 heteroatoms. The van der Waals surface area contributed by atoms with Crippen LogP contribution < -0.4 is 15.4 Å². The van der Waals surface area contributed by atoms with E-state index in [9.17, 15) is 10.1 Å². The number of amides is 1. The van der Waals surface area contributed by atoms with Gasteiger partial charge in [-0.1, -0.05) is 50.0 Å². The summed E-state index contributed by atoms with van der Waals surface area (Å²) < 4.78 is 14.3. The average molecular weight is 659 g/mol. The van der Waals surface area contributed by atoms with E-state index in [1.54, 1.807) is 0 Å². The molecule has 6 unspecified atom stereocenters. The Morgan fingerprint density at radius 1 is 1.08 bits per heavy atom. The second kappa shape index (κ2) is 14.4. The molecule has 6 aliphatic rings. The van der Waals surface area contributed by atoms with E-state index in [4.69, 9.17) is 9.47 Å². The van der Waals surface area contributed by atoms with E-state index in [0.29, 0.717) is 44.0 Å². The number of likely N-dealkylation sites (tertiary alicyclic amines) is 1. The molecule has 262 valence electrons. The van der Waals surface area contributed by atoms with Gasteiger partial charge in [-0.25, -0.2) is 0 Å². The molecule has 9 nitrogen and oxygen atoms in total. The van der Waals surface area contributed by atoms with Gasteiger partial charge in [0.1, 0.15) is 11.4 Å². The number of ether oxygens (including phenoxy) is 2. The van der Waals surface area contributed by atoms with Crippen molar-refractivity contribution in [2.75, 3.05) is 39.8 Å². The smallest absolute Gasteiger partial charge is 0.246 e. The summed E-state index contributed by atoms with van der Waals surface area (Å²) in [5.41, 5.74) is 2.45. The van der Waals surface area contributed by atoms with E-state index in [2.05, 4.69) is 65.3 Å². The van der Waals surface area contributed by atoms with Gasteiger partial charge >= 0.3 is 0 Å². The Hall–Kier alpha value is -2.48. The standard InChI is InChI=1S/C39H58N6O3/c1-4-36(46)45-23-22-44(26-31(45)17-20-40)37-33-16-19-38(18-15-29-24-28(2)13-14-35(29)48-38)25-34(33)41-39(42-37,30-10-7-5-6-8-11-30)47-27-32-12-9-21-43(32)3/h4,13-14,24,30-34,37,41-42H,1,5-12,15-19,21-23,25-27H2,2-3H3/t31?,32?,33?,34?,37?,38-,39?/m1/s1. The van der Waals surface area contributed by atoms with Gasteiger partial charge in [0.15, 0.2) is 5.85 Å². The lowest BCUT2D eigenvalue weighted by Gasteiger charge is -2.60. The van der Waals surface area contributed by atoms with Crippen molar-refractivity contribution >= 4 is 5.91 Å². The predicted octanol–water partition coefficient (Wildman–Crippen LogP) is 5.09. The van der Waals surface area contributed by atoms with Crippen molar-refractivity contribution in [3.05, 3.63) is 42.0 Å². The minimum Gasteiger partial charge on any atom is -0.487 e. The highest BCUT2D eigenvalue weighted by Crippen LogP contribution is 2.48. The molecular weight excluding hydrogens is 600 g/mol. The van der Waals surface area contributed by atoms with Crippen molar-refractivity contribution in [3.8, 4) is 11.8 Å². The van der Waals surface area contributed by atoms with Crippen LogP contribution in [0.2, 0.25) is 0 Å². The van der Waals surface area contributed by atoms with E-state index in [-0.39, 0.29) is 29.8 Å². The monoisotopic (exact) mass is 658 g/mol. The van der Waals surface area contributed by atoms with Crippen LogP contribution in [0.1, 0.15) is 94.6 Å². The topological polar surface area (TPSA) is 93.1 Å². The molecular formula is C39H58N6O3. The highest BCUT2D eigenvalue weighted by molar-refractivity contribution is 5.87. The summed E-state index contributed by atoms with van der Waals surface area (Å²) in [5.74, 6) is 1.07. The molecule has 0 bridgehead atoms. The molecule has 2 aliphatic carbocycles. The van der Waals surface area contributed by atoms with Gasteiger partial charge in [0.2, 0.25) is 5.91 Å². The molecule has 2 saturated carbocycles. The number of hydrogen-bond acceptors (Lipinski definition) is 8. The number of nitrogens with one attached hydrogen (secondary N) is 2. The van der Waals surface area contributed by atoms with Gasteiger partial charge in [0, 0.05) is 50.0 Å². The summed E-state index contributed by atoms with van der Waals surface area (Å²) in [7, 11) is 2.24. The third-order valence-electron chi connectivity index (χ3n) is 12.9. The van der Waals surface area contributed by atoms with Crippen LogP contribution in [0.3, 0.4) is 0 Å². The Bertz CT molecular complexity index is 1360. The van der Waals surface area contributed by atoms with E-state index < -0.39 is 5.85 Å². The lowest BCUT2D eigenvalue weighted by atomic mass is 9.69. The second-order valence-corrected chi connectivity index (χ2v) is 15.9. The lowest BCUT2D eigenvalue weighted by molar-refractivity contribution is -0.212. The van der Waals surface area contributed by atoms with Crippen LogP contribution >= 0.6 is 0 Å². The van der Waals surface area contributed by atoms with Crippen LogP contribution in [0, 0.1) is 30.1 Å². The molecule has 3 saturated heterocycles. The van der Waals surface area contributed by atoms with Crippen LogP contribution in [-0.4, -0.2) is 96.2 Å². The number of carbonyl (C=O) groups is 1. The first kappa shape index (κ1) is 34.0. The molecule has 1 amide bonds. The summed E-state index contributed by atoms with van der Waals surface area (Å²) in [6, 6.07) is 9.55. The number of aryl methyl sites for hydroxylation is 2. The maximum absolute atomic E-state index is 12.8. The molecule has 1 aromatic rings. The molecule has 48 heavy (non-hydrogen) atoms. The number of nitrogens with zero attached hydrogens (tertiary/aromatic N) is 4. The normalized spacial score (nSPS) is 36.4. The van der Waals surface area contributed by atoms with E-state index in [1.807, 2.05) is 4.90 Å². The second-order valence-electron chi connectivity index (χ2n) is 15.9. The minimum absolute atomic E-state index is 0.0765. The molecule has 0 aromatic heterocycles. The molecule has 4 aliphatic heterocycles. The van der Waals surface area contributed by atoms with Crippen molar-refractivity contribution < 1.29 is 14.3 Å². The van der Waals surface area contributed by atoms with Gasteiger partial charge in [-0.15, -0.1) is 0 Å². The molecule has 1 aromatic carbocycles. The Balaban J connectivity index is 1.21. The Morgan fingerprint density at radius 3 is 2.67 bits per heavy atom. The highest BCUT2D eigenvalue weighted by atomic mass is 16.5. The van der Waals surface area contributed by atoms with E-state index in [0.717, 1.165) is 63.8 Å². The Labute approximate surface area is 288 Å². The largest absolute Gasteiger partial charge is 0.487 e. The zero-order valence-corrected chi connectivity index (χ0v) is 29.4. The van der Waals surface area contributed by atoms with Crippen molar-refractivity contribution in [3.63, 3.8) is 0 Å². The zero-order valence-electron chi connectivity index (χ0n) is 29.4. The summed E-state index contributed by atoms with van der Waals surface area (Å²) >= 11 is 0. The molecule has 2 N–H and O–H groups in total. The van der Waals surface area contributed by atoms with Crippen LogP contribution in [0.4, 0.5) is 0 Å². The third kappa shape index (κ3) is 6.81. The molecule has 4 heterocycles. The summed E-state index contributed by atoms with van der Waals surface area (Å²) in [5, 5.41) is 18.3. The number of fused-ring (bicyclic) bond motifs is 2. The van der Waals surface area contributed by atoms with Gasteiger partial charge < -0.3 is 19.3 Å². The van der Waals surface area contributed by atoms with Gasteiger partial charge in [-0.05, 0) is 89.6 Å². The molecule has 5 fully saturated rings. The predicted molar refractivity (Wildman–Crippen MR) is 187 cm³/mol. The van der Waals surface area contributed by atoms with Crippen molar-refractivity contribution in [2.24, 2.45) is 11.8 Å². The van der Waals surface area contributed by atoms with Crippen molar-refractivity contribution in [1.29, 1.82) is 5.26 Å². The number of benzene rings is 1. The Morgan fingerprint density at radius 2 is 1.92 bits per heavy atom. The fourth-order valence-electron chi connectivity index (χ4n) is 10.2. The number of likely N-dealkylation sites (N-methyl/N-ethyl adjacent to an activating group) is 1. The minimum atomic E-state index is -0.638. The van der Waals surface area contributed by atoms with Crippen molar-refractivity contribution in [2.45, 2.75) is 133 Å². The molecule has 7 atom stereocenters. The van der Waals surface area contributed by atoms with Gasteiger partial charge in [-0.3, -0.25) is 20.3 Å². The first-order valence-corrected chi connectivity index (χ1v) is 19.0. The van der Waals surface area contributed by atoms with E-state index in [1.165, 1.54) is 55.7 Å². The van der Waals surface area contributed by atoms with Crippen LogP contribution in [0.15, 0.2) is 30.9 Å². The maximum atomic E-state index is 12.8. The quantitative estimate of drug-likeness (QED) is 0.309. The lowest BCUT2D eigenvalue weighted by Crippen LogP contribution is -2.80. The molecule has 0 radical (unpaired) electrons. The maximum Gasteiger partial charge on any atom is 0.246 e. The van der Waals surface area contributed by atoms with Crippen LogP contribution in [0.5, 0.6) is 5.75 Å².